The number of rotatable bonds is 6. The minimum atomic E-state index is -0.613. The molecule has 0 saturated carbocycles. The van der Waals surface area contributed by atoms with Crippen LogP contribution in [-0.2, 0) is 11.2 Å². The fourth-order valence-electron chi connectivity index (χ4n) is 4.63. The predicted molar refractivity (Wildman–Crippen MR) is 126 cm³/mol. The first-order valence-electron chi connectivity index (χ1n) is 11.3. The number of hydrogen-bond acceptors (Lipinski definition) is 3. The third-order valence-corrected chi connectivity index (χ3v) is 6.44. The van der Waals surface area contributed by atoms with Crippen molar-refractivity contribution in [3.63, 3.8) is 0 Å². The van der Waals surface area contributed by atoms with Crippen LogP contribution in [0.4, 0.5) is 4.39 Å². The Morgan fingerprint density at radius 1 is 1.03 bits per heavy atom. The molecule has 2 amide bonds. The van der Waals surface area contributed by atoms with Crippen molar-refractivity contribution in [1.29, 1.82) is 0 Å². The zero-order valence-corrected chi connectivity index (χ0v) is 18.8. The van der Waals surface area contributed by atoms with Crippen LogP contribution in [0.1, 0.15) is 35.7 Å². The third kappa shape index (κ3) is 4.95. The van der Waals surface area contributed by atoms with Crippen molar-refractivity contribution >= 4 is 11.8 Å². The lowest BCUT2D eigenvalue weighted by Crippen LogP contribution is -2.51. The molecule has 2 heterocycles. The van der Waals surface area contributed by atoms with E-state index < -0.39 is 11.2 Å². The number of nitrogens with zero attached hydrogens (tertiary/aromatic N) is 2. The largest absolute Gasteiger partial charge is 0.356 e. The summed E-state index contributed by atoms with van der Waals surface area (Å²) in [4.78, 5) is 32.0. The van der Waals surface area contributed by atoms with E-state index in [0.29, 0.717) is 44.5 Å². The number of hydrogen-bond donors (Lipinski definition) is 1. The van der Waals surface area contributed by atoms with Crippen molar-refractivity contribution in [3.05, 3.63) is 90.0 Å². The summed E-state index contributed by atoms with van der Waals surface area (Å²) in [6.07, 6.45) is 5.21. The molecule has 2 aromatic carbocycles. The van der Waals surface area contributed by atoms with Crippen LogP contribution >= 0.6 is 0 Å². The normalized spacial score (nSPS) is 15.2. The lowest BCUT2D eigenvalue weighted by molar-refractivity contribution is -0.133. The highest BCUT2D eigenvalue weighted by molar-refractivity contribution is 5.94. The minimum Gasteiger partial charge on any atom is -0.356 e. The zero-order chi connectivity index (χ0) is 23.3. The summed E-state index contributed by atoms with van der Waals surface area (Å²) in [5.74, 6) is -0.606. The number of aromatic nitrogens is 1. The van der Waals surface area contributed by atoms with Gasteiger partial charge in [0.15, 0.2) is 0 Å². The summed E-state index contributed by atoms with van der Waals surface area (Å²) in [6.45, 7) is 3.37. The Labute approximate surface area is 193 Å². The summed E-state index contributed by atoms with van der Waals surface area (Å²) >= 11 is 0. The third-order valence-electron chi connectivity index (χ3n) is 6.44. The van der Waals surface area contributed by atoms with Gasteiger partial charge in [-0.25, -0.2) is 4.39 Å². The minimum absolute atomic E-state index is 0.0207. The fourth-order valence-corrected chi connectivity index (χ4v) is 4.63. The molecule has 5 nitrogen and oxygen atoms in total. The van der Waals surface area contributed by atoms with E-state index in [1.165, 1.54) is 12.1 Å². The number of halogens is 1. The van der Waals surface area contributed by atoms with E-state index in [1.807, 2.05) is 31.2 Å². The van der Waals surface area contributed by atoms with Crippen LogP contribution in [0.25, 0.3) is 11.1 Å². The Balaban J connectivity index is 1.58. The first-order chi connectivity index (χ1) is 16.0. The molecular weight excluding hydrogens is 417 g/mol. The van der Waals surface area contributed by atoms with E-state index in [-0.39, 0.29) is 11.8 Å². The quantitative estimate of drug-likeness (QED) is 0.608. The fraction of sp³-hybridized carbons (Fsp3) is 0.296. The van der Waals surface area contributed by atoms with Crippen molar-refractivity contribution in [1.82, 2.24) is 15.2 Å². The van der Waals surface area contributed by atoms with Crippen molar-refractivity contribution in [3.8, 4) is 11.1 Å². The first-order valence-corrected chi connectivity index (χ1v) is 11.3. The number of benzene rings is 2. The van der Waals surface area contributed by atoms with Gasteiger partial charge in [0.25, 0.3) is 5.91 Å². The topological polar surface area (TPSA) is 62.3 Å². The van der Waals surface area contributed by atoms with Gasteiger partial charge in [-0.3, -0.25) is 14.6 Å². The Morgan fingerprint density at radius 2 is 1.76 bits per heavy atom. The van der Waals surface area contributed by atoms with Crippen LogP contribution in [0.3, 0.4) is 0 Å². The molecule has 0 aliphatic carbocycles. The summed E-state index contributed by atoms with van der Waals surface area (Å²) < 4.78 is 13.6. The summed E-state index contributed by atoms with van der Waals surface area (Å²) in [6, 6.07) is 17.8. The zero-order valence-electron chi connectivity index (χ0n) is 18.8. The highest BCUT2D eigenvalue weighted by Crippen LogP contribution is 2.38. The van der Waals surface area contributed by atoms with Crippen molar-refractivity contribution in [2.45, 2.75) is 26.2 Å². The van der Waals surface area contributed by atoms with E-state index >= 15 is 0 Å². The Kier molecular flexibility index (Phi) is 6.82. The molecule has 3 aromatic rings. The van der Waals surface area contributed by atoms with Gasteiger partial charge in [-0.15, -0.1) is 0 Å². The Bertz CT molecular complexity index is 1120. The first kappa shape index (κ1) is 22.6. The number of carbonyl (C=O) groups is 2. The van der Waals surface area contributed by atoms with Crippen molar-refractivity contribution in [2.75, 3.05) is 19.6 Å². The van der Waals surface area contributed by atoms with Crippen molar-refractivity contribution < 1.29 is 14.0 Å². The van der Waals surface area contributed by atoms with Gasteiger partial charge in [-0.1, -0.05) is 30.3 Å². The molecule has 1 aliphatic heterocycles. The average molecular weight is 446 g/mol. The molecule has 1 aromatic heterocycles. The molecule has 0 bridgehead atoms. The molecule has 0 spiro atoms. The summed E-state index contributed by atoms with van der Waals surface area (Å²) in [7, 11) is 0. The molecule has 0 radical (unpaired) electrons. The van der Waals surface area contributed by atoms with E-state index in [2.05, 4.69) is 22.4 Å². The van der Waals surface area contributed by atoms with Crippen LogP contribution in [-0.4, -0.2) is 41.3 Å². The lowest BCUT2D eigenvalue weighted by atomic mass is 9.72. The van der Waals surface area contributed by atoms with Gasteiger partial charge in [-0.05, 0) is 73.2 Å². The predicted octanol–water partition coefficient (Wildman–Crippen LogP) is 4.49. The van der Waals surface area contributed by atoms with Crippen LogP contribution in [0.15, 0.2) is 73.1 Å². The number of likely N-dealkylation sites (tertiary alicyclic amines) is 1. The second kappa shape index (κ2) is 9.94. The van der Waals surface area contributed by atoms with Crippen LogP contribution < -0.4 is 5.32 Å². The molecule has 6 heteroatoms. The maximum absolute atomic E-state index is 13.6. The molecule has 1 fully saturated rings. The van der Waals surface area contributed by atoms with Gasteiger partial charge in [0.05, 0.1) is 5.41 Å². The molecule has 33 heavy (non-hydrogen) atoms. The standard InChI is InChI=1S/C27H28FN3O2/c1-2-30-26(33)27(19-22-6-3-4-9-24(22)20-10-14-29-15-11-20)12-16-31(17-13-27)25(32)21-7-5-8-23(28)18-21/h3-11,14-15,18H,2,12-13,16-17,19H2,1H3,(H,30,33). The van der Waals surface area contributed by atoms with Crippen molar-refractivity contribution in [2.24, 2.45) is 5.41 Å². The lowest BCUT2D eigenvalue weighted by Gasteiger charge is -2.41. The molecule has 1 aliphatic rings. The molecule has 1 N–H and O–H groups in total. The SMILES string of the molecule is CCNC(=O)C1(Cc2ccccc2-c2ccncc2)CCN(C(=O)c2cccc(F)c2)CC1. The van der Waals surface area contributed by atoms with Crippen LogP contribution in [0.5, 0.6) is 0 Å². The van der Waals surface area contributed by atoms with Gasteiger partial charge < -0.3 is 10.2 Å². The molecule has 0 atom stereocenters. The van der Waals surface area contributed by atoms with E-state index in [9.17, 15) is 14.0 Å². The molecule has 4 rings (SSSR count). The van der Waals surface area contributed by atoms with Gasteiger partial charge in [-0.2, -0.15) is 0 Å². The second-order valence-corrected chi connectivity index (χ2v) is 8.51. The van der Waals surface area contributed by atoms with E-state index in [0.717, 1.165) is 16.7 Å². The molecule has 0 unspecified atom stereocenters. The highest BCUT2D eigenvalue weighted by atomic mass is 19.1. The maximum atomic E-state index is 13.6. The number of pyridine rings is 1. The average Bonchev–Trinajstić information content (AvgIpc) is 2.85. The second-order valence-electron chi connectivity index (χ2n) is 8.51. The van der Waals surface area contributed by atoms with Crippen LogP contribution in [0.2, 0.25) is 0 Å². The van der Waals surface area contributed by atoms with Gasteiger partial charge in [0.2, 0.25) is 5.91 Å². The monoisotopic (exact) mass is 445 g/mol. The number of piperidine rings is 1. The Morgan fingerprint density at radius 3 is 2.45 bits per heavy atom. The molecule has 170 valence electrons. The maximum Gasteiger partial charge on any atom is 0.253 e. The van der Waals surface area contributed by atoms with Gasteiger partial charge in [0.1, 0.15) is 5.82 Å². The summed E-state index contributed by atoms with van der Waals surface area (Å²) in [5.41, 5.74) is 2.97. The van der Waals surface area contributed by atoms with Crippen LogP contribution in [0, 0.1) is 11.2 Å². The molecule has 1 saturated heterocycles. The smallest absolute Gasteiger partial charge is 0.253 e. The highest BCUT2D eigenvalue weighted by Gasteiger charge is 2.42. The number of nitrogens with one attached hydrogen (secondary N) is 1. The van der Waals surface area contributed by atoms with Gasteiger partial charge >= 0.3 is 0 Å². The number of amides is 2. The summed E-state index contributed by atoms with van der Waals surface area (Å²) in [5, 5.41) is 3.02. The van der Waals surface area contributed by atoms with Gasteiger partial charge in [0, 0.05) is 37.6 Å². The van der Waals surface area contributed by atoms with E-state index in [4.69, 9.17) is 0 Å². The van der Waals surface area contributed by atoms with E-state index in [1.54, 1.807) is 29.4 Å². The molecular formula is C27H28FN3O2. The number of carbonyl (C=O) groups excluding carboxylic acids is 2. The Hall–Kier alpha value is -3.54.